The minimum Gasteiger partial charge on any atom is -0.444 e. The summed E-state index contributed by atoms with van der Waals surface area (Å²) in [5, 5.41) is 16.2. The molecular formula is C27H32F3N7O6. The zero-order valence-corrected chi connectivity index (χ0v) is 23.7. The highest BCUT2D eigenvalue weighted by Gasteiger charge is 2.37. The second kappa shape index (κ2) is 12.4. The van der Waals surface area contributed by atoms with E-state index in [4.69, 9.17) is 14.9 Å². The van der Waals surface area contributed by atoms with Gasteiger partial charge >= 0.3 is 12.3 Å². The van der Waals surface area contributed by atoms with Gasteiger partial charge in [-0.25, -0.2) is 14.8 Å². The van der Waals surface area contributed by atoms with Gasteiger partial charge < -0.3 is 25.3 Å². The molecule has 3 amide bonds. The SMILES string of the molecule is CC(C)(C)OC(=O)N(CC(F)(F)F)c1cc(-c2nc(C(=O)Nc3cn(C4CCC(CO)CC4)nc3C(N)=O)co2)ccn1. The number of hydrogen-bond acceptors (Lipinski definition) is 9. The van der Waals surface area contributed by atoms with E-state index < -0.39 is 36.2 Å². The third kappa shape index (κ3) is 8.09. The minimum absolute atomic E-state index is 0.0383. The summed E-state index contributed by atoms with van der Waals surface area (Å²) in [5.41, 5.74) is 4.26. The van der Waals surface area contributed by atoms with Crippen molar-refractivity contribution in [3.8, 4) is 11.5 Å². The lowest BCUT2D eigenvalue weighted by Crippen LogP contribution is -2.42. The molecule has 4 rings (SSSR count). The molecule has 0 aromatic carbocycles. The molecule has 16 heteroatoms. The second-order valence-corrected chi connectivity index (χ2v) is 11.2. The summed E-state index contributed by atoms with van der Waals surface area (Å²) in [4.78, 5) is 46.0. The quantitative estimate of drug-likeness (QED) is 0.336. The van der Waals surface area contributed by atoms with Gasteiger partial charge in [0.2, 0.25) is 5.89 Å². The first kappa shape index (κ1) is 31.5. The van der Waals surface area contributed by atoms with Crippen LogP contribution in [0.3, 0.4) is 0 Å². The summed E-state index contributed by atoms with van der Waals surface area (Å²) >= 11 is 0. The highest BCUT2D eigenvalue weighted by atomic mass is 19.4. The number of pyridine rings is 1. The molecular weight excluding hydrogens is 575 g/mol. The number of amides is 3. The maximum absolute atomic E-state index is 13.3. The zero-order chi connectivity index (χ0) is 31.5. The smallest absolute Gasteiger partial charge is 0.416 e. The minimum atomic E-state index is -4.75. The largest absolute Gasteiger partial charge is 0.444 e. The summed E-state index contributed by atoms with van der Waals surface area (Å²) in [6.07, 6.45) is 0.719. The fourth-order valence-corrected chi connectivity index (χ4v) is 4.58. The molecule has 0 bridgehead atoms. The van der Waals surface area contributed by atoms with E-state index in [0.29, 0.717) is 4.90 Å². The number of primary amides is 1. The molecule has 1 fully saturated rings. The van der Waals surface area contributed by atoms with Crippen LogP contribution < -0.4 is 16.0 Å². The fraction of sp³-hybridized carbons (Fsp3) is 0.481. The standard InChI is InChI=1S/C27H32F3N7O6/c1-26(2,3)43-25(41)36(14-27(28,29)30)20-10-16(8-9-32-20)24-34-19(13-42-24)23(40)33-18-11-37(35-21(18)22(31)39)17-6-4-15(12-38)5-7-17/h8-11,13,15,17,38H,4-7,12,14H2,1-3H3,(H2,31,39)(H,33,40). The van der Waals surface area contributed by atoms with Crippen LogP contribution in [0.2, 0.25) is 0 Å². The predicted molar refractivity (Wildman–Crippen MR) is 146 cm³/mol. The molecule has 3 aromatic heterocycles. The molecule has 232 valence electrons. The Morgan fingerprint density at radius 3 is 2.51 bits per heavy atom. The summed E-state index contributed by atoms with van der Waals surface area (Å²) in [7, 11) is 0. The number of nitrogens with zero attached hydrogens (tertiary/aromatic N) is 5. The van der Waals surface area contributed by atoms with Crippen molar-refractivity contribution < 1.29 is 41.8 Å². The third-order valence-electron chi connectivity index (χ3n) is 6.62. The average molecular weight is 608 g/mol. The topological polar surface area (TPSA) is 179 Å². The van der Waals surface area contributed by atoms with Crippen LogP contribution in [0.1, 0.15) is 73.5 Å². The Bertz CT molecular complexity index is 1470. The van der Waals surface area contributed by atoms with Gasteiger partial charge in [0.1, 0.15) is 24.2 Å². The molecule has 4 N–H and O–H groups in total. The summed E-state index contributed by atoms with van der Waals surface area (Å²) < 4.78 is 52.0. The Morgan fingerprint density at radius 1 is 1.21 bits per heavy atom. The predicted octanol–water partition coefficient (Wildman–Crippen LogP) is 4.31. The molecule has 0 saturated heterocycles. The van der Waals surface area contributed by atoms with Gasteiger partial charge in [-0.2, -0.15) is 18.3 Å². The molecule has 43 heavy (non-hydrogen) atoms. The van der Waals surface area contributed by atoms with Crippen LogP contribution in [0, 0.1) is 5.92 Å². The van der Waals surface area contributed by atoms with Gasteiger partial charge in [-0.05, 0) is 64.5 Å². The lowest BCUT2D eigenvalue weighted by atomic mass is 9.87. The number of nitrogens with two attached hydrogens (primary N) is 1. The number of carbonyl (C=O) groups excluding carboxylic acids is 3. The number of anilines is 2. The summed E-state index contributed by atoms with van der Waals surface area (Å²) in [6, 6.07) is 2.48. The van der Waals surface area contributed by atoms with E-state index in [9.17, 15) is 32.7 Å². The highest BCUT2D eigenvalue weighted by Crippen LogP contribution is 2.33. The molecule has 13 nitrogen and oxygen atoms in total. The molecule has 1 aliphatic rings. The van der Waals surface area contributed by atoms with Crippen LogP contribution in [0.15, 0.2) is 35.2 Å². The number of aliphatic hydroxyl groups excluding tert-OH is 1. The number of aromatic nitrogens is 4. The van der Waals surface area contributed by atoms with Crippen molar-refractivity contribution in [2.75, 3.05) is 23.4 Å². The van der Waals surface area contributed by atoms with Crippen molar-refractivity contribution in [1.82, 2.24) is 19.7 Å². The normalized spacial score (nSPS) is 17.4. The molecule has 0 aliphatic heterocycles. The number of hydrogen-bond donors (Lipinski definition) is 3. The van der Waals surface area contributed by atoms with E-state index in [1.54, 1.807) is 4.68 Å². The van der Waals surface area contributed by atoms with Crippen LogP contribution >= 0.6 is 0 Å². The lowest BCUT2D eigenvalue weighted by molar-refractivity contribution is -0.119. The van der Waals surface area contributed by atoms with Crippen LogP contribution in [0.5, 0.6) is 0 Å². The van der Waals surface area contributed by atoms with E-state index in [0.717, 1.165) is 44.2 Å². The summed E-state index contributed by atoms with van der Waals surface area (Å²) in [6.45, 7) is 2.99. The maximum atomic E-state index is 13.3. The number of halogens is 3. The third-order valence-corrected chi connectivity index (χ3v) is 6.62. The first-order chi connectivity index (χ1) is 20.1. The van der Waals surface area contributed by atoms with Crippen molar-refractivity contribution in [1.29, 1.82) is 0 Å². The second-order valence-electron chi connectivity index (χ2n) is 11.2. The molecule has 0 unspecified atom stereocenters. The van der Waals surface area contributed by atoms with Gasteiger partial charge in [0, 0.05) is 24.6 Å². The molecule has 3 aromatic rings. The molecule has 1 saturated carbocycles. The number of alkyl halides is 3. The van der Waals surface area contributed by atoms with Crippen LogP contribution in [-0.4, -0.2) is 67.7 Å². The monoisotopic (exact) mass is 607 g/mol. The number of oxazole rings is 1. The Balaban J connectivity index is 1.53. The van der Waals surface area contributed by atoms with E-state index >= 15 is 0 Å². The molecule has 0 radical (unpaired) electrons. The van der Waals surface area contributed by atoms with Gasteiger partial charge in [0.05, 0.1) is 11.7 Å². The lowest BCUT2D eigenvalue weighted by Gasteiger charge is -2.27. The summed E-state index contributed by atoms with van der Waals surface area (Å²) in [5.74, 6) is -1.92. The van der Waals surface area contributed by atoms with Gasteiger partial charge in [-0.3, -0.25) is 19.2 Å². The van der Waals surface area contributed by atoms with Crippen molar-refractivity contribution in [3.05, 3.63) is 42.2 Å². The Morgan fingerprint density at radius 2 is 1.91 bits per heavy atom. The Hall–Kier alpha value is -4.47. The Kier molecular flexibility index (Phi) is 9.08. The van der Waals surface area contributed by atoms with E-state index in [-0.39, 0.29) is 52.9 Å². The maximum Gasteiger partial charge on any atom is 0.416 e. The number of ether oxygens (including phenoxy) is 1. The van der Waals surface area contributed by atoms with Crippen LogP contribution in [0.25, 0.3) is 11.5 Å². The molecule has 0 spiro atoms. The van der Waals surface area contributed by atoms with Gasteiger partial charge in [0.25, 0.3) is 11.8 Å². The fourth-order valence-electron chi connectivity index (χ4n) is 4.58. The molecule has 0 atom stereocenters. The van der Waals surface area contributed by atoms with Crippen molar-refractivity contribution >= 4 is 29.4 Å². The first-order valence-corrected chi connectivity index (χ1v) is 13.4. The molecule has 3 heterocycles. The Labute approximate surface area is 244 Å². The van der Waals surface area contributed by atoms with Crippen molar-refractivity contribution in [2.45, 2.75) is 64.3 Å². The van der Waals surface area contributed by atoms with Gasteiger partial charge in [-0.15, -0.1) is 0 Å². The van der Waals surface area contributed by atoms with Crippen molar-refractivity contribution in [3.63, 3.8) is 0 Å². The number of rotatable bonds is 8. The van der Waals surface area contributed by atoms with E-state index in [1.807, 2.05) is 0 Å². The molecule has 1 aliphatic carbocycles. The first-order valence-electron chi connectivity index (χ1n) is 13.4. The van der Waals surface area contributed by atoms with Crippen molar-refractivity contribution in [2.24, 2.45) is 11.7 Å². The zero-order valence-electron chi connectivity index (χ0n) is 23.7. The average Bonchev–Trinajstić information content (AvgIpc) is 3.59. The van der Waals surface area contributed by atoms with E-state index in [1.165, 1.54) is 33.0 Å². The number of carbonyl (C=O) groups is 3. The van der Waals surface area contributed by atoms with Crippen LogP contribution in [-0.2, 0) is 4.74 Å². The van der Waals surface area contributed by atoms with Gasteiger partial charge in [0.15, 0.2) is 11.4 Å². The van der Waals surface area contributed by atoms with E-state index in [2.05, 4.69) is 20.4 Å². The van der Waals surface area contributed by atoms with Gasteiger partial charge in [-0.1, -0.05) is 0 Å². The number of nitrogens with one attached hydrogen (secondary N) is 1. The van der Waals surface area contributed by atoms with Crippen LogP contribution in [0.4, 0.5) is 29.5 Å². The highest BCUT2D eigenvalue weighted by molar-refractivity contribution is 6.07. The number of aliphatic hydroxyl groups is 1.